The molecule has 1 aromatic rings. The van der Waals surface area contributed by atoms with Crippen molar-refractivity contribution in [2.45, 2.75) is 62.7 Å². The van der Waals surface area contributed by atoms with Crippen LogP contribution in [0.1, 0.15) is 37.7 Å². The van der Waals surface area contributed by atoms with Crippen molar-refractivity contribution in [2.75, 3.05) is 6.54 Å². The van der Waals surface area contributed by atoms with Crippen LogP contribution in [0.5, 0.6) is 0 Å². The quantitative estimate of drug-likeness (QED) is 0.0506. The van der Waals surface area contributed by atoms with Crippen molar-refractivity contribution < 1.29 is 44.1 Å². The summed E-state index contributed by atoms with van der Waals surface area (Å²) in [4.78, 5) is 75.9. The van der Waals surface area contributed by atoms with Gasteiger partial charge in [0.05, 0.1) is 12.5 Å². The minimum Gasteiger partial charge on any atom is -0.481 e. The van der Waals surface area contributed by atoms with Crippen LogP contribution in [-0.4, -0.2) is 87.6 Å². The number of hydrogen-bond acceptors (Lipinski definition) is 8. The predicted octanol–water partition coefficient (Wildman–Crippen LogP) is -2.51. The lowest BCUT2D eigenvalue weighted by Gasteiger charge is -2.25. The third-order valence-corrected chi connectivity index (χ3v) is 5.49. The Kier molecular flexibility index (Phi) is 14.1. The van der Waals surface area contributed by atoms with Gasteiger partial charge in [0.1, 0.15) is 18.1 Å². The van der Waals surface area contributed by atoms with E-state index in [4.69, 9.17) is 27.4 Å². The number of amides is 3. The summed E-state index contributed by atoms with van der Waals surface area (Å²) in [5.41, 5.74) is 17.4. The molecular weight excluding hydrogens is 530 g/mol. The lowest BCUT2D eigenvalue weighted by molar-refractivity contribution is -0.147. The topological polar surface area (TPSA) is 290 Å². The average Bonchev–Trinajstić information content (AvgIpc) is 2.87. The van der Waals surface area contributed by atoms with E-state index in [0.717, 1.165) is 5.56 Å². The Bertz CT molecular complexity index is 1080. The number of aliphatic imine (C=N–C) groups is 1. The van der Waals surface area contributed by atoms with Crippen LogP contribution >= 0.6 is 0 Å². The highest BCUT2D eigenvalue weighted by Gasteiger charge is 2.31. The lowest BCUT2D eigenvalue weighted by Crippen LogP contribution is -2.57. The number of rotatable bonds is 18. The molecule has 12 N–H and O–H groups in total. The number of benzene rings is 1. The summed E-state index contributed by atoms with van der Waals surface area (Å²) in [6.45, 7) is 0.108. The summed E-state index contributed by atoms with van der Waals surface area (Å²) in [7, 11) is 0. The van der Waals surface area contributed by atoms with Gasteiger partial charge in [-0.25, -0.2) is 4.79 Å². The molecule has 0 saturated heterocycles. The van der Waals surface area contributed by atoms with Gasteiger partial charge in [-0.1, -0.05) is 30.3 Å². The normalized spacial score (nSPS) is 13.5. The molecule has 0 aliphatic rings. The number of carboxylic acids is 3. The van der Waals surface area contributed by atoms with Crippen LogP contribution < -0.4 is 33.2 Å². The molecule has 4 unspecified atom stereocenters. The number of carbonyl (C=O) groups is 6. The second-order valence-corrected chi connectivity index (χ2v) is 8.80. The molecule has 0 fully saturated rings. The van der Waals surface area contributed by atoms with Crippen molar-refractivity contribution in [3.63, 3.8) is 0 Å². The Balaban J connectivity index is 3.07. The summed E-state index contributed by atoms with van der Waals surface area (Å²) in [6, 6.07) is 3.20. The highest BCUT2D eigenvalue weighted by molar-refractivity contribution is 5.94. The van der Waals surface area contributed by atoms with Crippen molar-refractivity contribution >= 4 is 41.6 Å². The van der Waals surface area contributed by atoms with Crippen LogP contribution in [0.3, 0.4) is 0 Å². The largest absolute Gasteiger partial charge is 0.481 e. The maximum Gasteiger partial charge on any atom is 0.326 e. The molecule has 40 heavy (non-hydrogen) atoms. The lowest BCUT2D eigenvalue weighted by atomic mass is 10.0. The van der Waals surface area contributed by atoms with Gasteiger partial charge in [0.15, 0.2) is 5.96 Å². The van der Waals surface area contributed by atoms with Gasteiger partial charge < -0.3 is 48.5 Å². The van der Waals surface area contributed by atoms with E-state index < -0.39 is 79.1 Å². The molecule has 4 atom stereocenters. The summed E-state index contributed by atoms with van der Waals surface area (Å²) < 4.78 is 0. The van der Waals surface area contributed by atoms with E-state index in [1.807, 2.05) is 5.32 Å². The molecule has 1 rings (SSSR count). The predicted molar refractivity (Wildman–Crippen MR) is 141 cm³/mol. The van der Waals surface area contributed by atoms with Gasteiger partial charge >= 0.3 is 17.9 Å². The Hall–Kier alpha value is -4.73. The van der Waals surface area contributed by atoms with Gasteiger partial charge in [-0.3, -0.25) is 29.0 Å². The fourth-order valence-electron chi connectivity index (χ4n) is 3.47. The summed E-state index contributed by atoms with van der Waals surface area (Å²) in [5, 5.41) is 34.0. The Labute approximate surface area is 229 Å². The van der Waals surface area contributed by atoms with E-state index in [2.05, 4.69) is 15.6 Å². The van der Waals surface area contributed by atoms with E-state index in [1.54, 1.807) is 30.3 Å². The third-order valence-electron chi connectivity index (χ3n) is 5.49. The number of nitrogens with one attached hydrogen (secondary N) is 3. The van der Waals surface area contributed by atoms with Gasteiger partial charge in [-0.15, -0.1) is 0 Å². The van der Waals surface area contributed by atoms with Crippen LogP contribution in [0.15, 0.2) is 35.3 Å². The first-order valence-corrected chi connectivity index (χ1v) is 12.2. The molecule has 1 aromatic carbocycles. The van der Waals surface area contributed by atoms with Crippen LogP contribution in [0, 0.1) is 0 Å². The molecule has 16 heteroatoms. The second kappa shape index (κ2) is 17.0. The molecule has 3 amide bonds. The Morgan fingerprint density at radius 1 is 0.775 bits per heavy atom. The molecule has 0 radical (unpaired) electrons. The molecule has 16 nitrogen and oxygen atoms in total. The third kappa shape index (κ3) is 13.2. The van der Waals surface area contributed by atoms with Crippen LogP contribution in [0.25, 0.3) is 0 Å². The zero-order valence-corrected chi connectivity index (χ0v) is 21.6. The van der Waals surface area contributed by atoms with E-state index in [9.17, 15) is 33.9 Å². The monoisotopic (exact) mass is 565 g/mol. The number of nitrogens with zero attached hydrogens (tertiary/aromatic N) is 1. The van der Waals surface area contributed by atoms with Crippen LogP contribution in [-0.2, 0) is 35.2 Å². The molecule has 0 aliphatic heterocycles. The van der Waals surface area contributed by atoms with Crippen molar-refractivity contribution in [1.29, 1.82) is 0 Å². The maximum atomic E-state index is 13.2. The average molecular weight is 566 g/mol. The van der Waals surface area contributed by atoms with E-state index in [0.29, 0.717) is 0 Å². The van der Waals surface area contributed by atoms with Crippen molar-refractivity contribution in [2.24, 2.45) is 22.2 Å². The second-order valence-electron chi connectivity index (χ2n) is 8.80. The molecule has 0 spiro atoms. The number of aliphatic carboxylic acids is 3. The van der Waals surface area contributed by atoms with Gasteiger partial charge in [0.2, 0.25) is 17.7 Å². The maximum absolute atomic E-state index is 13.2. The van der Waals surface area contributed by atoms with Gasteiger partial charge in [0.25, 0.3) is 0 Å². The van der Waals surface area contributed by atoms with Gasteiger partial charge in [0, 0.05) is 13.0 Å². The summed E-state index contributed by atoms with van der Waals surface area (Å²) in [5.74, 6) is -7.32. The minimum absolute atomic E-state index is 0.00353. The van der Waals surface area contributed by atoms with Gasteiger partial charge in [-0.05, 0) is 31.2 Å². The molecular formula is C24H35N7O9. The zero-order chi connectivity index (χ0) is 30.2. The molecule has 0 saturated carbocycles. The highest BCUT2D eigenvalue weighted by atomic mass is 16.4. The first-order valence-electron chi connectivity index (χ1n) is 12.2. The van der Waals surface area contributed by atoms with Crippen LogP contribution in [0.2, 0.25) is 0 Å². The summed E-state index contributed by atoms with van der Waals surface area (Å²) >= 11 is 0. The van der Waals surface area contributed by atoms with Crippen molar-refractivity contribution in [1.82, 2.24) is 16.0 Å². The standard InChI is InChI=1S/C24H35N7O9/c25-14(11-13-5-2-1-3-6-13)20(36)29-15(7-4-10-28-24(26)27)21(37)30-16(8-9-18(32)33)22(38)31-17(23(39)40)12-19(34)35/h1-3,5-6,14-17H,4,7-12,25H2,(H,29,36)(H,30,37)(H,31,38)(H,32,33)(H,34,35)(H,39,40)(H4,26,27,28). The Morgan fingerprint density at radius 3 is 1.85 bits per heavy atom. The molecule has 0 aromatic heterocycles. The highest BCUT2D eigenvalue weighted by Crippen LogP contribution is 2.07. The zero-order valence-electron chi connectivity index (χ0n) is 21.6. The first-order chi connectivity index (χ1) is 18.8. The molecule has 0 bridgehead atoms. The van der Waals surface area contributed by atoms with E-state index in [-0.39, 0.29) is 31.8 Å². The molecule has 220 valence electrons. The first kappa shape index (κ1) is 33.3. The van der Waals surface area contributed by atoms with Gasteiger partial charge in [-0.2, -0.15) is 0 Å². The van der Waals surface area contributed by atoms with Crippen LogP contribution in [0.4, 0.5) is 0 Å². The van der Waals surface area contributed by atoms with Crippen molar-refractivity contribution in [3.8, 4) is 0 Å². The molecule has 0 aliphatic carbocycles. The number of nitrogens with two attached hydrogens (primary N) is 3. The smallest absolute Gasteiger partial charge is 0.326 e. The van der Waals surface area contributed by atoms with E-state index in [1.165, 1.54) is 0 Å². The number of carbonyl (C=O) groups excluding carboxylic acids is 3. The fourth-order valence-corrected chi connectivity index (χ4v) is 3.47. The summed E-state index contributed by atoms with van der Waals surface area (Å²) in [6.07, 6.45) is -1.61. The molecule has 0 heterocycles. The number of guanidine groups is 1. The Morgan fingerprint density at radius 2 is 1.32 bits per heavy atom. The SMILES string of the molecule is NC(N)=NCCCC(NC(=O)C(N)Cc1ccccc1)C(=O)NC(CCC(=O)O)C(=O)NC(CC(=O)O)C(=O)O. The number of carboxylic acid groups (broad SMARTS) is 3. The number of hydrogen-bond donors (Lipinski definition) is 9. The van der Waals surface area contributed by atoms with E-state index >= 15 is 0 Å². The minimum atomic E-state index is -1.83. The fraction of sp³-hybridized carbons (Fsp3) is 0.458. The van der Waals surface area contributed by atoms with Crippen molar-refractivity contribution in [3.05, 3.63) is 35.9 Å².